The van der Waals surface area contributed by atoms with Crippen molar-refractivity contribution < 1.29 is 14.2 Å². The van der Waals surface area contributed by atoms with E-state index in [9.17, 15) is 9.59 Å². The second kappa shape index (κ2) is 7.05. The van der Waals surface area contributed by atoms with Crippen LogP contribution in [-0.4, -0.2) is 45.1 Å². The van der Waals surface area contributed by atoms with E-state index in [4.69, 9.17) is 0 Å². The fraction of sp³-hybridized carbons (Fsp3) is 0.500. The summed E-state index contributed by atoms with van der Waals surface area (Å²) < 4.78 is 4.57. The van der Waals surface area contributed by atoms with Crippen molar-refractivity contribution >= 4 is 34.1 Å². The fourth-order valence-corrected chi connectivity index (χ4v) is 3.50. The predicted molar refractivity (Wildman–Crippen MR) is 87.6 cm³/mol. The number of rotatable bonds is 5. The van der Waals surface area contributed by atoms with E-state index in [-0.39, 0.29) is 24.4 Å². The van der Waals surface area contributed by atoms with Crippen LogP contribution in [-0.2, 0) is 9.59 Å². The average Bonchev–Trinajstić information content (AvgIpc) is 3.21. The molecule has 9 nitrogen and oxygen atoms in total. The molecule has 1 unspecified atom stereocenters. The van der Waals surface area contributed by atoms with Crippen LogP contribution in [0.15, 0.2) is 10.0 Å². The lowest BCUT2D eigenvalue weighted by Crippen LogP contribution is -2.33. The van der Waals surface area contributed by atoms with Gasteiger partial charge in [-0.25, -0.2) is 9.61 Å². The Morgan fingerprint density at radius 1 is 1.42 bits per heavy atom. The molecule has 1 atom stereocenters. The maximum atomic E-state index is 12.2. The minimum absolute atomic E-state index is 0.0750. The lowest BCUT2D eigenvalue weighted by molar-refractivity contribution is -0.117. The number of hydrogen-bond donors (Lipinski definition) is 2. The molecule has 0 aromatic carbocycles. The number of nitrogens with one attached hydrogen (secondary N) is 2. The molecule has 0 radical (unpaired) electrons. The van der Waals surface area contributed by atoms with Crippen LogP contribution in [0, 0.1) is 6.92 Å². The Hall–Kier alpha value is -2.33. The fourth-order valence-electron chi connectivity index (χ4n) is 2.70. The smallest absolute Gasteiger partial charge is 0.239 e. The second-order valence-corrected chi connectivity index (χ2v) is 6.49. The topological polar surface area (TPSA) is 113 Å². The lowest BCUT2D eigenvalue weighted by atomic mass is 10.2. The quantitative estimate of drug-likeness (QED) is 0.841. The highest BCUT2D eigenvalue weighted by atomic mass is 32.1. The molecule has 1 fully saturated rings. The number of carbonyl (C=O) groups is 2. The molecular weight excluding hydrogens is 332 g/mol. The highest BCUT2D eigenvalue weighted by Crippen LogP contribution is 2.33. The van der Waals surface area contributed by atoms with Gasteiger partial charge in [0.05, 0.1) is 18.3 Å². The molecule has 0 aliphatic carbocycles. The minimum Gasteiger partial charge on any atom is -0.305 e. The van der Waals surface area contributed by atoms with E-state index in [2.05, 4.69) is 35.5 Å². The van der Waals surface area contributed by atoms with Crippen LogP contribution >= 0.6 is 11.3 Å². The molecule has 0 saturated carbocycles. The third-order valence-electron chi connectivity index (χ3n) is 3.77. The van der Waals surface area contributed by atoms with E-state index in [0.717, 1.165) is 25.1 Å². The van der Waals surface area contributed by atoms with Crippen molar-refractivity contribution in [3.8, 4) is 0 Å². The Bertz CT molecular complexity index is 742. The summed E-state index contributed by atoms with van der Waals surface area (Å²) in [7, 11) is 0. The van der Waals surface area contributed by atoms with Gasteiger partial charge in [-0.15, -0.1) is 11.3 Å². The molecule has 1 aliphatic rings. The van der Waals surface area contributed by atoms with Crippen molar-refractivity contribution in [2.24, 2.45) is 0 Å². The van der Waals surface area contributed by atoms with Crippen molar-refractivity contribution in [2.45, 2.75) is 32.7 Å². The Labute approximate surface area is 142 Å². The molecule has 1 aliphatic heterocycles. The Balaban J connectivity index is 1.62. The standard InChI is InChI=1S/C14H18N6O3S/c1-8-13(19-23-18-8)17-12(22)6-20-5-3-4-11(20)10-7-24-14(16-10)15-9(2)21/h7,11H,3-6H2,1-2H3,(H,15,16,21)(H,17,19,22). The second-order valence-electron chi connectivity index (χ2n) is 5.63. The Morgan fingerprint density at radius 3 is 2.96 bits per heavy atom. The first-order valence-corrected chi connectivity index (χ1v) is 8.47. The first-order valence-electron chi connectivity index (χ1n) is 7.59. The molecule has 3 rings (SSSR count). The number of aryl methyl sites for hydroxylation is 1. The highest BCUT2D eigenvalue weighted by Gasteiger charge is 2.29. The van der Waals surface area contributed by atoms with Crippen LogP contribution in [0.5, 0.6) is 0 Å². The first-order chi connectivity index (χ1) is 11.5. The van der Waals surface area contributed by atoms with Gasteiger partial charge in [-0.3, -0.25) is 14.5 Å². The Morgan fingerprint density at radius 2 is 2.25 bits per heavy atom. The molecule has 0 spiro atoms. The largest absolute Gasteiger partial charge is 0.305 e. The van der Waals surface area contributed by atoms with Crippen LogP contribution in [0.3, 0.4) is 0 Å². The lowest BCUT2D eigenvalue weighted by Gasteiger charge is -2.22. The highest BCUT2D eigenvalue weighted by molar-refractivity contribution is 7.13. The van der Waals surface area contributed by atoms with Crippen molar-refractivity contribution in [3.05, 3.63) is 16.8 Å². The third-order valence-corrected chi connectivity index (χ3v) is 4.54. The number of aromatic nitrogens is 3. The third kappa shape index (κ3) is 3.77. The zero-order valence-electron chi connectivity index (χ0n) is 13.4. The van der Waals surface area contributed by atoms with Crippen molar-refractivity contribution in [2.75, 3.05) is 23.7 Å². The van der Waals surface area contributed by atoms with Crippen LogP contribution in [0.4, 0.5) is 10.9 Å². The van der Waals surface area contributed by atoms with E-state index >= 15 is 0 Å². The van der Waals surface area contributed by atoms with Gasteiger partial charge in [0, 0.05) is 12.3 Å². The van der Waals surface area contributed by atoms with Crippen molar-refractivity contribution in [3.63, 3.8) is 0 Å². The maximum absolute atomic E-state index is 12.2. The number of amides is 2. The number of thiazole rings is 1. The summed E-state index contributed by atoms with van der Waals surface area (Å²) in [6.45, 7) is 4.22. The number of anilines is 2. The van der Waals surface area contributed by atoms with E-state index in [1.807, 2.05) is 5.38 Å². The predicted octanol–water partition coefficient (Wildman–Crippen LogP) is 1.57. The average molecular weight is 350 g/mol. The summed E-state index contributed by atoms with van der Waals surface area (Å²) >= 11 is 1.39. The van der Waals surface area contributed by atoms with Crippen molar-refractivity contribution in [1.82, 2.24) is 20.2 Å². The molecule has 1 saturated heterocycles. The summed E-state index contributed by atoms with van der Waals surface area (Å²) in [5.41, 5.74) is 1.43. The monoisotopic (exact) mass is 350 g/mol. The van der Waals surface area contributed by atoms with Crippen LogP contribution in [0.2, 0.25) is 0 Å². The molecule has 10 heteroatoms. The molecule has 24 heavy (non-hydrogen) atoms. The van der Waals surface area contributed by atoms with Gasteiger partial charge in [0.1, 0.15) is 5.69 Å². The van der Waals surface area contributed by atoms with Crippen LogP contribution < -0.4 is 10.6 Å². The summed E-state index contributed by atoms with van der Waals surface area (Å²) in [6.07, 6.45) is 1.93. The summed E-state index contributed by atoms with van der Waals surface area (Å²) in [5, 5.41) is 15.2. The van der Waals surface area contributed by atoms with Gasteiger partial charge in [-0.1, -0.05) is 5.16 Å². The van der Waals surface area contributed by atoms with Gasteiger partial charge in [-0.05, 0) is 31.5 Å². The molecule has 3 heterocycles. The van der Waals surface area contributed by atoms with E-state index in [1.165, 1.54) is 18.3 Å². The van der Waals surface area contributed by atoms with Gasteiger partial charge in [0.2, 0.25) is 11.8 Å². The van der Waals surface area contributed by atoms with Gasteiger partial charge >= 0.3 is 0 Å². The van der Waals surface area contributed by atoms with Gasteiger partial charge in [0.15, 0.2) is 10.9 Å². The molecule has 2 amide bonds. The number of carbonyl (C=O) groups excluding carboxylic acids is 2. The molecule has 2 aromatic heterocycles. The minimum atomic E-state index is -0.169. The summed E-state index contributed by atoms with van der Waals surface area (Å²) in [5.74, 6) is 0.0329. The molecule has 128 valence electrons. The molecular formula is C14H18N6O3S. The Kier molecular flexibility index (Phi) is 4.86. The summed E-state index contributed by atoms with van der Waals surface area (Å²) in [6, 6.07) is 0.0750. The van der Waals surface area contributed by atoms with Crippen LogP contribution in [0.1, 0.15) is 37.2 Å². The first kappa shape index (κ1) is 16.5. The van der Waals surface area contributed by atoms with E-state index < -0.39 is 0 Å². The van der Waals surface area contributed by atoms with Gasteiger partial charge < -0.3 is 10.6 Å². The van der Waals surface area contributed by atoms with E-state index in [1.54, 1.807) is 6.92 Å². The van der Waals surface area contributed by atoms with Crippen molar-refractivity contribution in [1.29, 1.82) is 0 Å². The normalized spacial score (nSPS) is 17.8. The van der Waals surface area contributed by atoms with Gasteiger partial charge in [0.25, 0.3) is 0 Å². The molecule has 2 N–H and O–H groups in total. The van der Waals surface area contributed by atoms with Crippen LogP contribution in [0.25, 0.3) is 0 Å². The number of nitrogens with zero attached hydrogens (tertiary/aromatic N) is 4. The SMILES string of the molecule is CC(=O)Nc1nc(C2CCCN2CC(=O)Nc2nonc2C)cs1. The molecule has 0 bridgehead atoms. The number of hydrogen-bond acceptors (Lipinski definition) is 8. The zero-order valence-corrected chi connectivity index (χ0v) is 14.2. The number of likely N-dealkylation sites (tertiary alicyclic amines) is 1. The van der Waals surface area contributed by atoms with Gasteiger partial charge in [-0.2, -0.15) is 0 Å². The maximum Gasteiger partial charge on any atom is 0.239 e. The van der Waals surface area contributed by atoms with E-state index in [0.29, 0.717) is 16.6 Å². The zero-order chi connectivity index (χ0) is 17.1. The summed E-state index contributed by atoms with van der Waals surface area (Å²) in [4.78, 5) is 29.8. The molecule has 2 aromatic rings.